The maximum Gasteiger partial charge on any atom is 0.248 e. The number of benzene rings is 1. The van der Waals surface area contributed by atoms with E-state index >= 15 is 0 Å². The van der Waals surface area contributed by atoms with Crippen molar-refractivity contribution in [1.29, 1.82) is 0 Å². The molecule has 0 saturated carbocycles. The number of ether oxygens (including phenoxy) is 1. The Bertz CT molecular complexity index is 846. The molecule has 3 N–H and O–H groups in total. The number of nitrogens with two attached hydrogens (primary N) is 1. The fourth-order valence-electron chi connectivity index (χ4n) is 2.94. The monoisotopic (exact) mass is 373 g/mol. The lowest BCUT2D eigenvalue weighted by Crippen LogP contribution is -2.31. The van der Waals surface area contributed by atoms with Gasteiger partial charge in [0.2, 0.25) is 17.0 Å². The SMILES string of the molecule is CCCCSc1nc2n(n1)C(c1cccc(OC)c1)C(C(N)=O)=C(C)N2. The van der Waals surface area contributed by atoms with E-state index in [1.807, 2.05) is 31.2 Å². The number of amides is 1. The lowest BCUT2D eigenvalue weighted by atomic mass is 9.95. The van der Waals surface area contributed by atoms with Gasteiger partial charge in [-0.05, 0) is 31.0 Å². The second-order valence-corrected chi connectivity index (χ2v) is 7.13. The summed E-state index contributed by atoms with van der Waals surface area (Å²) in [4.78, 5) is 16.7. The molecule has 1 aliphatic rings. The molecule has 1 atom stereocenters. The number of allylic oxidation sites excluding steroid dienone is 1. The molecule has 138 valence electrons. The Morgan fingerprint density at radius 2 is 2.27 bits per heavy atom. The number of carbonyl (C=O) groups is 1. The Kier molecular flexibility index (Phi) is 5.51. The number of fused-ring (bicyclic) bond motifs is 1. The first-order valence-corrected chi connectivity index (χ1v) is 9.54. The van der Waals surface area contributed by atoms with Crippen LogP contribution in [0.3, 0.4) is 0 Å². The summed E-state index contributed by atoms with van der Waals surface area (Å²) in [6.45, 7) is 3.98. The molecule has 3 rings (SSSR count). The highest BCUT2D eigenvalue weighted by Crippen LogP contribution is 2.36. The second kappa shape index (κ2) is 7.82. The molecular weight excluding hydrogens is 350 g/mol. The van der Waals surface area contributed by atoms with Crippen LogP contribution in [0.2, 0.25) is 0 Å². The Hall–Kier alpha value is -2.48. The van der Waals surface area contributed by atoms with Crippen LogP contribution in [0.25, 0.3) is 0 Å². The van der Waals surface area contributed by atoms with Crippen LogP contribution in [0.4, 0.5) is 5.95 Å². The van der Waals surface area contributed by atoms with Crippen LogP contribution in [0.15, 0.2) is 40.7 Å². The van der Waals surface area contributed by atoms with E-state index in [0.29, 0.717) is 28.1 Å². The minimum absolute atomic E-state index is 0.438. The highest BCUT2D eigenvalue weighted by molar-refractivity contribution is 7.99. The van der Waals surface area contributed by atoms with Crippen LogP contribution in [0, 0.1) is 0 Å². The summed E-state index contributed by atoms with van der Waals surface area (Å²) >= 11 is 1.61. The zero-order valence-electron chi connectivity index (χ0n) is 15.2. The van der Waals surface area contributed by atoms with Crippen molar-refractivity contribution in [3.8, 4) is 5.75 Å². The fourth-order valence-corrected chi connectivity index (χ4v) is 3.85. The van der Waals surface area contributed by atoms with Gasteiger partial charge >= 0.3 is 0 Å². The summed E-state index contributed by atoms with van der Waals surface area (Å²) in [5, 5.41) is 8.47. The number of methoxy groups -OCH3 is 1. The van der Waals surface area contributed by atoms with Crippen molar-refractivity contribution in [3.63, 3.8) is 0 Å². The van der Waals surface area contributed by atoms with Gasteiger partial charge in [-0.2, -0.15) is 4.98 Å². The van der Waals surface area contributed by atoms with Gasteiger partial charge in [0.25, 0.3) is 0 Å². The summed E-state index contributed by atoms with van der Waals surface area (Å²) in [6.07, 6.45) is 2.23. The predicted octanol–water partition coefficient (Wildman–Crippen LogP) is 2.95. The summed E-state index contributed by atoms with van der Waals surface area (Å²) in [7, 11) is 1.61. The Labute approximate surface area is 157 Å². The topological polar surface area (TPSA) is 95.1 Å². The number of anilines is 1. The first-order chi connectivity index (χ1) is 12.5. The van der Waals surface area contributed by atoms with E-state index in [1.54, 1.807) is 23.6 Å². The first kappa shape index (κ1) is 18.3. The third kappa shape index (κ3) is 3.55. The van der Waals surface area contributed by atoms with Crippen LogP contribution < -0.4 is 15.8 Å². The number of carbonyl (C=O) groups excluding carboxylic acids is 1. The van der Waals surface area contributed by atoms with E-state index < -0.39 is 11.9 Å². The van der Waals surface area contributed by atoms with E-state index in [9.17, 15) is 4.79 Å². The van der Waals surface area contributed by atoms with E-state index in [1.165, 1.54) is 0 Å². The molecule has 0 radical (unpaired) electrons. The van der Waals surface area contributed by atoms with E-state index in [0.717, 1.165) is 24.2 Å². The third-order valence-electron chi connectivity index (χ3n) is 4.24. The Morgan fingerprint density at radius 1 is 1.46 bits per heavy atom. The molecule has 0 aliphatic carbocycles. The quantitative estimate of drug-likeness (QED) is 0.572. The minimum Gasteiger partial charge on any atom is -0.497 e. The molecule has 1 amide bonds. The molecule has 0 bridgehead atoms. The van der Waals surface area contributed by atoms with Crippen LogP contribution in [0.1, 0.15) is 38.3 Å². The van der Waals surface area contributed by atoms with E-state index in [4.69, 9.17) is 10.5 Å². The highest BCUT2D eigenvalue weighted by Gasteiger charge is 2.33. The maximum atomic E-state index is 12.2. The number of hydrogen-bond acceptors (Lipinski definition) is 6. The normalized spacial score (nSPS) is 16.2. The lowest BCUT2D eigenvalue weighted by Gasteiger charge is -2.27. The molecule has 2 aromatic rings. The Morgan fingerprint density at radius 3 is 2.96 bits per heavy atom. The van der Waals surface area contributed by atoms with E-state index in [-0.39, 0.29) is 0 Å². The van der Waals surface area contributed by atoms with Gasteiger partial charge in [0, 0.05) is 11.4 Å². The smallest absolute Gasteiger partial charge is 0.248 e. The number of aromatic nitrogens is 3. The van der Waals surface area contributed by atoms with Gasteiger partial charge in [-0.3, -0.25) is 4.79 Å². The number of nitrogens with one attached hydrogen (secondary N) is 1. The number of thioether (sulfide) groups is 1. The molecule has 7 nitrogen and oxygen atoms in total. The Balaban J connectivity index is 2.05. The summed E-state index contributed by atoms with van der Waals surface area (Å²) in [5.74, 6) is 1.80. The van der Waals surface area contributed by atoms with Gasteiger partial charge in [-0.1, -0.05) is 37.2 Å². The van der Waals surface area contributed by atoms with Crippen molar-refractivity contribution < 1.29 is 9.53 Å². The zero-order valence-corrected chi connectivity index (χ0v) is 16.0. The molecule has 1 aromatic heterocycles. The van der Waals surface area contributed by atoms with Gasteiger partial charge in [-0.25, -0.2) is 4.68 Å². The molecular formula is C18H23N5O2S. The molecule has 0 saturated heterocycles. The van der Waals surface area contributed by atoms with E-state index in [2.05, 4.69) is 22.3 Å². The number of unbranched alkanes of at least 4 members (excludes halogenated alkanes) is 1. The van der Waals surface area contributed by atoms with Crippen molar-refractivity contribution in [2.75, 3.05) is 18.2 Å². The summed E-state index contributed by atoms with van der Waals surface area (Å²) in [5.41, 5.74) is 7.72. The van der Waals surface area contributed by atoms with Gasteiger partial charge in [0.1, 0.15) is 11.8 Å². The molecule has 0 spiro atoms. The molecule has 8 heteroatoms. The van der Waals surface area contributed by atoms with Crippen LogP contribution in [-0.2, 0) is 4.79 Å². The van der Waals surface area contributed by atoms with Gasteiger partial charge in [-0.15, -0.1) is 5.10 Å². The van der Waals surface area contributed by atoms with Crippen LogP contribution in [0.5, 0.6) is 5.75 Å². The number of hydrogen-bond donors (Lipinski definition) is 2. The zero-order chi connectivity index (χ0) is 18.7. The highest BCUT2D eigenvalue weighted by atomic mass is 32.2. The number of rotatable bonds is 7. The minimum atomic E-state index is -0.482. The van der Waals surface area contributed by atoms with Gasteiger partial charge in [0.15, 0.2) is 0 Å². The summed E-state index contributed by atoms with van der Waals surface area (Å²) < 4.78 is 7.06. The standard InChI is InChI=1S/C18H23N5O2S/c1-4-5-9-26-18-21-17-20-11(2)14(16(19)24)15(23(17)22-18)12-7-6-8-13(10-12)25-3/h6-8,10,15H,4-5,9H2,1-3H3,(H2,19,24)(H,20,21,22). The molecule has 26 heavy (non-hydrogen) atoms. The molecule has 1 aromatic carbocycles. The number of primary amides is 1. The molecule has 2 heterocycles. The maximum absolute atomic E-state index is 12.2. The average molecular weight is 373 g/mol. The van der Waals surface area contributed by atoms with Crippen molar-refractivity contribution >= 4 is 23.6 Å². The summed E-state index contributed by atoms with van der Waals surface area (Å²) in [6, 6.07) is 7.13. The van der Waals surface area contributed by atoms with Gasteiger partial charge < -0.3 is 15.8 Å². The molecule has 0 fully saturated rings. The van der Waals surface area contributed by atoms with Crippen molar-refractivity contribution in [3.05, 3.63) is 41.1 Å². The van der Waals surface area contributed by atoms with Crippen molar-refractivity contribution in [2.24, 2.45) is 5.73 Å². The van der Waals surface area contributed by atoms with Gasteiger partial charge in [0.05, 0.1) is 12.7 Å². The van der Waals surface area contributed by atoms with Crippen LogP contribution >= 0.6 is 11.8 Å². The largest absolute Gasteiger partial charge is 0.497 e. The fraction of sp³-hybridized carbons (Fsp3) is 0.389. The first-order valence-electron chi connectivity index (χ1n) is 8.56. The second-order valence-electron chi connectivity index (χ2n) is 6.07. The van der Waals surface area contributed by atoms with Crippen molar-refractivity contribution in [2.45, 2.75) is 37.9 Å². The third-order valence-corrected chi connectivity index (χ3v) is 5.16. The average Bonchev–Trinajstić information content (AvgIpc) is 3.02. The lowest BCUT2D eigenvalue weighted by molar-refractivity contribution is -0.115. The van der Waals surface area contributed by atoms with Crippen LogP contribution in [-0.4, -0.2) is 33.5 Å². The predicted molar refractivity (Wildman–Crippen MR) is 102 cm³/mol. The molecule has 1 aliphatic heterocycles. The number of nitrogens with zero attached hydrogens (tertiary/aromatic N) is 3. The molecule has 1 unspecified atom stereocenters. The van der Waals surface area contributed by atoms with Crippen molar-refractivity contribution in [1.82, 2.24) is 14.8 Å².